The highest BCUT2D eigenvalue weighted by atomic mass is 32.2. The minimum Gasteiger partial charge on any atom is -0.481 e. The molecule has 380 valence electrons. The molecule has 0 aliphatic heterocycles. The fraction of sp³-hybridized carbons (Fsp3) is 0.238. The Bertz CT molecular complexity index is 2630. The molecule has 0 spiro atoms. The number of carboxylic acid groups (broad SMARTS) is 1. The van der Waals surface area contributed by atoms with Crippen molar-refractivity contribution in [2.45, 2.75) is 72.6 Å². The van der Waals surface area contributed by atoms with Gasteiger partial charge in [-0.25, -0.2) is 0 Å². The number of amides is 3. The largest absolute Gasteiger partial charge is 0.481 e. The first-order valence-electron chi connectivity index (χ1n) is 25.3. The van der Waals surface area contributed by atoms with Crippen LogP contribution in [0.5, 0.6) is 0 Å². The minimum atomic E-state index is -1.12. The topological polar surface area (TPSA) is 145 Å². The molecule has 0 bridgehead atoms. The first kappa shape index (κ1) is 54.6. The van der Waals surface area contributed by atoms with Crippen molar-refractivity contribution in [3.63, 3.8) is 0 Å². The first-order chi connectivity index (χ1) is 36.2. The highest BCUT2D eigenvalue weighted by molar-refractivity contribution is 8.00. The standard InChI is InChI=1S/C63H65N3O6S2/c67-55(41-24-26-44-73-62(49-29-11-2-12-30-49,50-31-13-3-14-32-50)51-33-15-4-16-34-51)46-58(68)65-56(45-48-27-9-1-10-28-48)61(72)66-57(60(71)64-43-25-8-23-42-59(69)70)47-74-63(52-35-17-5-18-36-52,53-37-19-6-20-38-53)54-39-21-7-22-40-54/h1-7,9-22,24,27-41,55-57,67H,8,23,25-26,42-47H2,(H,64,71)(H,65,68)(H,66,72)(H,69,70). The Labute approximate surface area is 444 Å². The van der Waals surface area contributed by atoms with Gasteiger partial charge in [-0.05, 0) is 64.0 Å². The van der Waals surface area contributed by atoms with Gasteiger partial charge in [0.1, 0.15) is 12.1 Å². The number of nitrogens with one attached hydrogen (secondary N) is 3. The van der Waals surface area contributed by atoms with Crippen molar-refractivity contribution in [1.29, 1.82) is 0 Å². The predicted octanol–water partition coefficient (Wildman–Crippen LogP) is 11.1. The van der Waals surface area contributed by atoms with Crippen LogP contribution in [0, 0.1) is 0 Å². The number of benzene rings is 7. The molecule has 7 aromatic rings. The summed E-state index contributed by atoms with van der Waals surface area (Å²) in [6.45, 7) is 0.291. The van der Waals surface area contributed by atoms with Gasteiger partial charge in [0.05, 0.1) is 22.0 Å². The average molecular weight is 1020 g/mol. The van der Waals surface area contributed by atoms with Crippen LogP contribution in [-0.4, -0.2) is 70.1 Å². The van der Waals surface area contributed by atoms with E-state index in [1.54, 1.807) is 6.08 Å². The van der Waals surface area contributed by atoms with Gasteiger partial charge in [0.15, 0.2) is 0 Å². The SMILES string of the molecule is O=C(O)CCCCCNC(=O)C(CSC(c1ccccc1)(c1ccccc1)c1ccccc1)NC(=O)C(Cc1ccccc1)NC(=O)CC(O)C=CCCSC(c1ccccc1)(c1ccccc1)c1ccccc1. The lowest BCUT2D eigenvalue weighted by Gasteiger charge is -2.36. The van der Waals surface area contributed by atoms with Crippen molar-refractivity contribution in [2.75, 3.05) is 18.1 Å². The molecular weight excluding hydrogens is 959 g/mol. The van der Waals surface area contributed by atoms with Gasteiger partial charge in [0.2, 0.25) is 17.7 Å². The predicted molar refractivity (Wildman–Crippen MR) is 301 cm³/mol. The lowest BCUT2D eigenvalue weighted by atomic mass is 9.84. The Kier molecular flexibility index (Phi) is 20.9. The van der Waals surface area contributed by atoms with E-state index < -0.39 is 51.4 Å². The third-order valence-electron chi connectivity index (χ3n) is 12.8. The number of aliphatic hydroxyl groups excluding tert-OH is 1. The van der Waals surface area contributed by atoms with Crippen molar-refractivity contribution in [2.24, 2.45) is 0 Å². The van der Waals surface area contributed by atoms with Crippen LogP contribution in [-0.2, 0) is 35.1 Å². The molecule has 3 atom stereocenters. The molecular formula is C63H65N3O6S2. The number of aliphatic hydroxyl groups is 1. The average Bonchev–Trinajstić information content (AvgIpc) is 3.44. The van der Waals surface area contributed by atoms with E-state index in [4.69, 9.17) is 5.11 Å². The number of thioether (sulfide) groups is 2. The van der Waals surface area contributed by atoms with E-state index >= 15 is 0 Å². The summed E-state index contributed by atoms with van der Waals surface area (Å²) in [6.07, 6.45) is 4.62. The molecule has 3 amide bonds. The zero-order valence-corrected chi connectivity index (χ0v) is 43.1. The normalized spacial score (nSPS) is 12.8. The zero-order chi connectivity index (χ0) is 51.9. The Hall–Kier alpha value is -7.18. The number of allylic oxidation sites excluding steroid dienone is 1. The van der Waals surface area contributed by atoms with E-state index in [2.05, 4.69) is 125 Å². The van der Waals surface area contributed by atoms with E-state index in [1.165, 1.54) is 11.8 Å². The van der Waals surface area contributed by atoms with Crippen LogP contribution in [0.1, 0.15) is 77.5 Å². The van der Waals surface area contributed by atoms with Crippen molar-refractivity contribution < 1.29 is 29.4 Å². The molecule has 3 unspecified atom stereocenters. The van der Waals surface area contributed by atoms with Crippen LogP contribution in [0.3, 0.4) is 0 Å². The molecule has 74 heavy (non-hydrogen) atoms. The summed E-state index contributed by atoms with van der Waals surface area (Å²) >= 11 is 3.35. The quantitative estimate of drug-likeness (QED) is 0.0185. The van der Waals surface area contributed by atoms with E-state index in [0.29, 0.717) is 38.0 Å². The minimum absolute atomic E-state index is 0.0466. The number of rotatable bonds is 28. The van der Waals surface area contributed by atoms with Gasteiger partial charge in [-0.1, -0.05) is 231 Å². The molecule has 11 heteroatoms. The van der Waals surface area contributed by atoms with Crippen LogP contribution in [0.2, 0.25) is 0 Å². The van der Waals surface area contributed by atoms with Crippen molar-refractivity contribution >= 4 is 47.2 Å². The molecule has 7 rings (SSSR count). The maximum Gasteiger partial charge on any atom is 0.303 e. The van der Waals surface area contributed by atoms with Gasteiger partial charge in [-0.15, -0.1) is 23.5 Å². The number of carboxylic acids is 1. The van der Waals surface area contributed by atoms with E-state index in [9.17, 15) is 24.3 Å². The summed E-state index contributed by atoms with van der Waals surface area (Å²) in [4.78, 5) is 54.0. The number of carbonyl (C=O) groups is 4. The maximum atomic E-state index is 14.7. The summed E-state index contributed by atoms with van der Waals surface area (Å²) in [6, 6.07) is 68.9. The Morgan fingerprint density at radius 3 is 1.35 bits per heavy atom. The third-order valence-corrected chi connectivity index (χ3v) is 16.1. The van der Waals surface area contributed by atoms with Crippen molar-refractivity contribution in [3.8, 4) is 0 Å². The van der Waals surface area contributed by atoms with Gasteiger partial charge in [0, 0.05) is 25.1 Å². The molecule has 7 aromatic carbocycles. The monoisotopic (exact) mass is 1020 g/mol. The third kappa shape index (κ3) is 15.0. The molecule has 0 radical (unpaired) electrons. The van der Waals surface area contributed by atoms with Crippen LogP contribution in [0.15, 0.2) is 224 Å². The van der Waals surface area contributed by atoms with E-state index in [1.807, 2.05) is 121 Å². The molecule has 0 aromatic heterocycles. The summed E-state index contributed by atoms with van der Waals surface area (Å²) < 4.78 is -1.28. The Morgan fingerprint density at radius 2 is 0.919 bits per heavy atom. The number of unbranched alkanes of at least 4 members (excludes halogenated alkanes) is 2. The van der Waals surface area contributed by atoms with Gasteiger partial charge < -0.3 is 26.2 Å². The Morgan fingerprint density at radius 1 is 0.500 bits per heavy atom. The van der Waals surface area contributed by atoms with Crippen LogP contribution < -0.4 is 16.0 Å². The highest BCUT2D eigenvalue weighted by Crippen LogP contribution is 2.50. The van der Waals surface area contributed by atoms with Crippen molar-refractivity contribution in [1.82, 2.24) is 16.0 Å². The Balaban J connectivity index is 1.07. The number of carbonyl (C=O) groups excluding carboxylic acids is 3. The van der Waals surface area contributed by atoms with Crippen LogP contribution in [0.4, 0.5) is 0 Å². The van der Waals surface area contributed by atoms with Crippen LogP contribution in [0.25, 0.3) is 0 Å². The summed E-state index contributed by atoms with van der Waals surface area (Å²) in [5.74, 6) is -1.47. The molecule has 0 aliphatic rings. The summed E-state index contributed by atoms with van der Waals surface area (Å²) in [7, 11) is 0. The fourth-order valence-electron chi connectivity index (χ4n) is 9.22. The van der Waals surface area contributed by atoms with Crippen molar-refractivity contribution in [3.05, 3.63) is 263 Å². The molecule has 0 heterocycles. The molecule has 0 saturated carbocycles. The lowest BCUT2D eigenvalue weighted by Crippen LogP contribution is -2.55. The maximum absolute atomic E-state index is 14.7. The van der Waals surface area contributed by atoms with Gasteiger partial charge in [-0.2, -0.15) is 0 Å². The summed E-state index contributed by atoms with van der Waals surface area (Å²) in [5.41, 5.74) is 7.26. The van der Waals surface area contributed by atoms with Crippen LogP contribution >= 0.6 is 23.5 Å². The second-order valence-electron chi connectivity index (χ2n) is 18.1. The molecule has 9 nitrogen and oxygen atoms in total. The molecule has 0 fully saturated rings. The number of hydrogen-bond donors (Lipinski definition) is 5. The zero-order valence-electron chi connectivity index (χ0n) is 41.5. The molecule has 0 aliphatic carbocycles. The molecule has 0 saturated heterocycles. The van der Waals surface area contributed by atoms with E-state index in [0.717, 1.165) is 38.9 Å². The fourth-order valence-corrected chi connectivity index (χ4v) is 12.2. The summed E-state index contributed by atoms with van der Waals surface area (Å²) in [5, 5.41) is 29.3. The highest BCUT2D eigenvalue weighted by Gasteiger charge is 2.40. The second-order valence-corrected chi connectivity index (χ2v) is 20.6. The van der Waals surface area contributed by atoms with E-state index in [-0.39, 0.29) is 25.0 Å². The molecule has 5 N–H and O–H groups in total. The lowest BCUT2D eigenvalue weighted by molar-refractivity contribution is -0.137. The number of hydrogen-bond acceptors (Lipinski definition) is 7. The van der Waals surface area contributed by atoms with Gasteiger partial charge in [-0.3, -0.25) is 19.2 Å². The number of aliphatic carboxylic acids is 1. The smallest absolute Gasteiger partial charge is 0.303 e. The second kappa shape index (κ2) is 28.3. The first-order valence-corrected chi connectivity index (χ1v) is 27.2. The van der Waals surface area contributed by atoms with Gasteiger partial charge >= 0.3 is 5.97 Å². The van der Waals surface area contributed by atoms with Gasteiger partial charge in [0.25, 0.3) is 0 Å².